The first-order valence-electron chi connectivity index (χ1n) is 4.93. The first-order chi connectivity index (χ1) is 6.03. The maximum atomic E-state index is 3.66. The van der Waals surface area contributed by atoms with Crippen molar-refractivity contribution in [2.75, 3.05) is 18.6 Å². The van der Waals surface area contributed by atoms with Crippen molar-refractivity contribution in [3.8, 4) is 0 Å². The van der Waals surface area contributed by atoms with Gasteiger partial charge in [0.15, 0.2) is 0 Å². The molecule has 1 fully saturated rings. The molecule has 0 aromatic carbocycles. The fourth-order valence-electron chi connectivity index (χ4n) is 1.42. The lowest BCUT2D eigenvalue weighted by Crippen LogP contribution is -2.39. The Bertz CT molecular complexity index is 159. The predicted octanol–water partition coefficient (Wildman–Crippen LogP) is 2.61. The highest BCUT2D eigenvalue weighted by Crippen LogP contribution is 2.27. The number of hydrogen-bond donors (Lipinski definition) is 1. The van der Waals surface area contributed by atoms with Crippen LogP contribution in [0.4, 0.5) is 0 Å². The van der Waals surface area contributed by atoms with Crippen LogP contribution in [0.2, 0.25) is 0 Å². The van der Waals surface area contributed by atoms with Crippen molar-refractivity contribution in [3.63, 3.8) is 0 Å². The van der Waals surface area contributed by atoms with Crippen molar-refractivity contribution in [2.24, 2.45) is 0 Å². The minimum absolute atomic E-state index is 0.385. The minimum Gasteiger partial charge on any atom is -0.312 e. The Balaban J connectivity index is 2.19. The molecule has 2 unspecified atom stereocenters. The summed E-state index contributed by atoms with van der Waals surface area (Å²) in [5.74, 6) is 1.30. The Labute approximate surface area is 90.8 Å². The van der Waals surface area contributed by atoms with Gasteiger partial charge in [-0.1, -0.05) is 6.92 Å². The Morgan fingerprint density at radius 2 is 2.23 bits per heavy atom. The van der Waals surface area contributed by atoms with Crippen LogP contribution in [0.25, 0.3) is 0 Å². The molecule has 0 radical (unpaired) electrons. The van der Waals surface area contributed by atoms with Crippen molar-refractivity contribution >= 4 is 23.5 Å². The number of rotatable bonds is 4. The van der Waals surface area contributed by atoms with E-state index >= 15 is 0 Å². The molecule has 0 saturated carbocycles. The molecular formula is C10H21NS2. The third-order valence-electron chi connectivity index (χ3n) is 2.57. The molecule has 1 aliphatic heterocycles. The van der Waals surface area contributed by atoms with Crippen LogP contribution in [0.5, 0.6) is 0 Å². The molecule has 0 spiro atoms. The molecule has 1 rings (SSSR count). The Morgan fingerprint density at radius 1 is 1.54 bits per heavy atom. The van der Waals surface area contributed by atoms with Gasteiger partial charge in [0.05, 0.1) is 0 Å². The Hall–Kier alpha value is 0.660. The molecule has 1 aliphatic rings. The van der Waals surface area contributed by atoms with Crippen molar-refractivity contribution in [1.82, 2.24) is 5.32 Å². The van der Waals surface area contributed by atoms with E-state index in [1.807, 2.05) is 11.8 Å². The van der Waals surface area contributed by atoms with Gasteiger partial charge in [-0.05, 0) is 26.5 Å². The predicted molar refractivity (Wildman–Crippen MR) is 65.9 cm³/mol. The van der Waals surface area contributed by atoms with E-state index in [1.54, 1.807) is 0 Å². The highest BCUT2D eigenvalue weighted by molar-refractivity contribution is 8.00. The second kappa shape index (κ2) is 4.94. The third-order valence-corrected chi connectivity index (χ3v) is 5.17. The van der Waals surface area contributed by atoms with Crippen LogP contribution in [-0.4, -0.2) is 34.6 Å². The van der Waals surface area contributed by atoms with Gasteiger partial charge in [0.25, 0.3) is 0 Å². The van der Waals surface area contributed by atoms with Crippen LogP contribution in [0.1, 0.15) is 27.2 Å². The summed E-state index contributed by atoms with van der Waals surface area (Å²) < 4.78 is 0.385. The minimum atomic E-state index is 0.385. The summed E-state index contributed by atoms with van der Waals surface area (Å²) in [6, 6.07) is 0.756. The van der Waals surface area contributed by atoms with Gasteiger partial charge >= 0.3 is 0 Å². The molecule has 0 amide bonds. The van der Waals surface area contributed by atoms with E-state index in [4.69, 9.17) is 0 Å². The van der Waals surface area contributed by atoms with Crippen LogP contribution >= 0.6 is 23.5 Å². The first kappa shape index (κ1) is 11.7. The van der Waals surface area contributed by atoms with Crippen molar-refractivity contribution in [3.05, 3.63) is 0 Å². The average molecular weight is 219 g/mol. The molecule has 0 aromatic heterocycles. The number of nitrogens with one attached hydrogen (secondary N) is 1. The third kappa shape index (κ3) is 4.13. The van der Waals surface area contributed by atoms with E-state index < -0.39 is 0 Å². The second-order valence-electron chi connectivity index (χ2n) is 4.42. The second-order valence-corrected chi connectivity index (χ2v) is 7.41. The lowest BCUT2D eigenvalue weighted by atomic mass is 10.1. The molecule has 1 nitrogen and oxygen atoms in total. The monoisotopic (exact) mass is 219 g/mol. The van der Waals surface area contributed by atoms with Gasteiger partial charge in [-0.15, -0.1) is 0 Å². The quantitative estimate of drug-likeness (QED) is 0.780. The fraction of sp³-hybridized carbons (Fsp3) is 1.00. The van der Waals surface area contributed by atoms with E-state index in [0.29, 0.717) is 4.75 Å². The molecule has 0 aliphatic carbocycles. The summed E-state index contributed by atoms with van der Waals surface area (Å²) in [5, 5.41) is 4.52. The van der Waals surface area contributed by atoms with Gasteiger partial charge in [-0.25, -0.2) is 0 Å². The zero-order valence-electron chi connectivity index (χ0n) is 9.09. The van der Waals surface area contributed by atoms with Gasteiger partial charge in [0.1, 0.15) is 0 Å². The number of hydrogen-bond acceptors (Lipinski definition) is 3. The van der Waals surface area contributed by atoms with E-state index in [9.17, 15) is 0 Å². The maximum absolute atomic E-state index is 3.66. The lowest BCUT2D eigenvalue weighted by Gasteiger charge is -2.24. The topological polar surface area (TPSA) is 12.0 Å². The van der Waals surface area contributed by atoms with E-state index in [1.165, 1.54) is 12.2 Å². The van der Waals surface area contributed by atoms with Crippen molar-refractivity contribution in [1.29, 1.82) is 0 Å². The molecule has 2 atom stereocenters. The van der Waals surface area contributed by atoms with Gasteiger partial charge in [-0.3, -0.25) is 0 Å². The summed E-state index contributed by atoms with van der Waals surface area (Å²) in [6.07, 6.45) is 3.53. The largest absolute Gasteiger partial charge is 0.312 e. The smallest absolute Gasteiger partial charge is 0.0225 e. The molecule has 0 bridgehead atoms. The van der Waals surface area contributed by atoms with Crippen LogP contribution < -0.4 is 5.32 Å². The summed E-state index contributed by atoms with van der Waals surface area (Å²) in [5.41, 5.74) is 0. The SMILES string of the molecule is CSC(C)(C)CNC1CSC(C)C1. The maximum Gasteiger partial charge on any atom is 0.0225 e. The summed E-state index contributed by atoms with van der Waals surface area (Å²) in [4.78, 5) is 0. The van der Waals surface area contributed by atoms with Crippen molar-refractivity contribution < 1.29 is 0 Å². The summed E-state index contributed by atoms with van der Waals surface area (Å²) in [7, 11) is 0. The normalized spacial score (nSPS) is 29.5. The summed E-state index contributed by atoms with van der Waals surface area (Å²) in [6.45, 7) is 8.06. The van der Waals surface area contributed by atoms with Crippen LogP contribution in [0, 0.1) is 0 Å². The van der Waals surface area contributed by atoms with E-state index in [-0.39, 0.29) is 0 Å². The van der Waals surface area contributed by atoms with Crippen molar-refractivity contribution in [2.45, 2.75) is 43.2 Å². The molecule has 1 heterocycles. The van der Waals surface area contributed by atoms with Gasteiger partial charge in [-0.2, -0.15) is 23.5 Å². The molecule has 78 valence electrons. The average Bonchev–Trinajstić information content (AvgIpc) is 2.48. The zero-order chi connectivity index (χ0) is 9.90. The van der Waals surface area contributed by atoms with Crippen LogP contribution in [-0.2, 0) is 0 Å². The van der Waals surface area contributed by atoms with Gasteiger partial charge in [0, 0.05) is 28.3 Å². The van der Waals surface area contributed by atoms with Crippen LogP contribution in [0.15, 0.2) is 0 Å². The van der Waals surface area contributed by atoms with Gasteiger partial charge in [0.2, 0.25) is 0 Å². The lowest BCUT2D eigenvalue weighted by molar-refractivity contribution is 0.501. The molecule has 0 aromatic rings. The molecule has 1 saturated heterocycles. The number of thioether (sulfide) groups is 2. The highest BCUT2D eigenvalue weighted by atomic mass is 32.2. The zero-order valence-corrected chi connectivity index (χ0v) is 10.7. The Kier molecular flexibility index (Phi) is 4.46. The van der Waals surface area contributed by atoms with Crippen LogP contribution in [0.3, 0.4) is 0 Å². The standard InChI is InChI=1S/C10H21NS2/c1-8-5-9(6-13-8)11-7-10(2,3)12-4/h8-9,11H,5-7H2,1-4H3. The molecule has 3 heteroatoms. The first-order valence-corrected chi connectivity index (χ1v) is 7.21. The van der Waals surface area contributed by atoms with Gasteiger partial charge < -0.3 is 5.32 Å². The summed E-state index contributed by atoms with van der Waals surface area (Å²) >= 11 is 4.04. The Morgan fingerprint density at radius 3 is 2.69 bits per heavy atom. The fourth-order valence-corrected chi connectivity index (χ4v) is 2.83. The van der Waals surface area contributed by atoms with E-state index in [2.05, 4.69) is 44.1 Å². The molecule has 1 N–H and O–H groups in total. The molecular weight excluding hydrogens is 198 g/mol. The highest BCUT2D eigenvalue weighted by Gasteiger charge is 2.24. The van der Waals surface area contributed by atoms with E-state index in [0.717, 1.165) is 17.8 Å². The molecule has 13 heavy (non-hydrogen) atoms.